The van der Waals surface area contributed by atoms with Gasteiger partial charge in [-0.05, 0) is 110 Å². The van der Waals surface area contributed by atoms with Crippen LogP contribution in [0.25, 0.3) is 0 Å². The van der Waals surface area contributed by atoms with E-state index < -0.39 is 172 Å². The maximum Gasteiger partial charge on any atom is 0.407 e. The van der Waals surface area contributed by atoms with Gasteiger partial charge in [-0.15, -0.1) is 11.3 Å². The number of hydrogen-bond acceptors (Lipinski definition) is 20. The molecule has 3 saturated heterocycles. The number of esters is 2. The van der Waals surface area contributed by atoms with E-state index in [9.17, 15) is 52.5 Å². The number of nitrogens with zero attached hydrogens (tertiary/aromatic N) is 4. The van der Waals surface area contributed by atoms with Crippen LogP contribution in [0.1, 0.15) is 150 Å². The second kappa shape index (κ2) is 38.2. The quantitative estimate of drug-likeness (QED) is 0.0337. The molecule has 7 rings (SSSR count). The van der Waals surface area contributed by atoms with Crippen molar-refractivity contribution < 1.29 is 90.6 Å². The summed E-state index contributed by atoms with van der Waals surface area (Å²) in [7, 11) is 2.79. The number of nitrogens with one attached hydrogen (secondary N) is 5. The van der Waals surface area contributed by atoms with Crippen LogP contribution in [0.5, 0.6) is 5.75 Å². The molecule has 4 unspecified atom stereocenters. The second-order valence-corrected chi connectivity index (χ2v) is 32.1. The SMILES string of the molecule is CC[C@H](C)[C@@H]1NC(=O)[C@H](NC(=O)[C@@H](CC(C)C)N(C)C(=O)[C@@H]2CCCN2C(=O)[C@H](C)CC(=O)CCCNC(=O)OCC2=CC3C(=O)C(NC(=O)Cc4cccs4)C3S(=O)C2)[C@H](C)OC(=O)[C@H](Cc2ccc(OC)cc2)N(C)C(=O)[C@@H]2CCCN2C(=O)[C@H](CC(C)C)NC(=O)[C@H](C(C)C)OC(=O)C[C@@H]1O. The number of hydrogen-bond donors (Lipinski definition) is 6. The van der Waals surface area contributed by atoms with Gasteiger partial charge in [0.25, 0.3) is 5.91 Å². The fourth-order valence-corrected chi connectivity index (χ4v) is 16.5. The molecule has 1 saturated carbocycles. The van der Waals surface area contributed by atoms with Gasteiger partial charge in [-0.1, -0.05) is 93.0 Å². The lowest BCUT2D eigenvalue weighted by Crippen LogP contribution is -2.66. The summed E-state index contributed by atoms with van der Waals surface area (Å²) in [6.45, 7) is 17.2. The van der Waals surface area contributed by atoms with Crippen molar-refractivity contribution in [3.63, 3.8) is 0 Å². The number of ketones is 2. The van der Waals surface area contributed by atoms with Gasteiger partial charge in [-0.3, -0.25) is 56.9 Å². The van der Waals surface area contributed by atoms with E-state index >= 15 is 19.2 Å². The number of ether oxygens (including phenoxy) is 4. The number of fused-ring (bicyclic) bond motifs is 2. The third kappa shape index (κ3) is 21.8. The highest BCUT2D eigenvalue weighted by atomic mass is 32.2. The van der Waals surface area contributed by atoms with Gasteiger partial charge in [-0.25, -0.2) is 9.59 Å². The molecule has 2 aromatic rings. The molecule has 4 aliphatic heterocycles. The first-order valence-corrected chi connectivity index (χ1v) is 38.6. The van der Waals surface area contributed by atoms with E-state index in [0.717, 1.165) is 4.88 Å². The number of carbonyl (C=O) groups is 13. The molecule has 1 aromatic carbocycles. The molecule has 6 N–H and O–H groups in total. The van der Waals surface area contributed by atoms with Crippen molar-refractivity contribution in [2.75, 3.05) is 53.2 Å². The van der Waals surface area contributed by atoms with Crippen LogP contribution in [0.4, 0.5) is 4.79 Å². The Morgan fingerprint density at radius 3 is 2.21 bits per heavy atom. The largest absolute Gasteiger partial charge is 0.497 e. The molecule has 1 aromatic heterocycles. The third-order valence-electron chi connectivity index (χ3n) is 20.1. The van der Waals surface area contributed by atoms with Crippen LogP contribution in [0.3, 0.4) is 0 Å². The zero-order chi connectivity index (χ0) is 76.5. The lowest BCUT2D eigenvalue weighted by Gasteiger charge is -2.43. The highest BCUT2D eigenvalue weighted by Gasteiger charge is 2.55. The Labute approximate surface area is 615 Å². The van der Waals surface area contributed by atoms with Gasteiger partial charge in [0.05, 0.1) is 43.3 Å². The van der Waals surface area contributed by atoms with Gasteiger partial charge in [0.2, 0.25) is 41.4 Å². The van der Waals surface area contributed by atoms with Gasteiger partial charge in [0.15, 0.2) is 11.9 Å². The summed E-state index contributed by atoms with van der Waals surface area (Å²) in [5.74, 6) is -10.3. The summed E-state index contributed by atoms with van der Waals surface area (Å²) in [5.41, 5.74) is 1.07. The molecule has 28 nitrogen and oxygen atoms in total. The molecular formula is C74H107N9O19S2. The summed E-state index contributed by atoms with van der Waals surface area (Å²) < 4.78 is 35.9. The molecule has 5 aliphatic rings. The lowest BCUT2D eigenvalue weighted by atomic mass is 9.76. The maximum absolute atomic E-state index is 15.2. The number of thiophene rings is 1. The van der Waals surface area contributed by atoms with Crippen molar-refractivity contribution in [2.45, 2.75) is 225 Å². The predicted molar refractivity (Wildman–Crippen MR) is 385 cm³/mol. The molecule has 1 aliphatic carbocycles. The first-order valence-electron chi connectivity index (χ1n) is 36.3. The second-order valence-electron chi connectivity index (χ2n) is 29.5. The first kappa shape index (κ1) is 83.2. The zero-order valence-corrected chi connectivity index (χ0v) is 63.8. The summed E-state index contributed by atoms with van der Waals surface area (Å²) in [5, 5.41) is 26.9. The molecule has 5 heterocycles. The Bertz CT molecular complexity index is 3480. The molecular weight excluding hydrogens is 1380 g/mol. The monoisotopic (exact) mass is 1490 g/mol. The Balaban J connectivity index is 1.04. The van der Waals surface area contributed by atoms with Crippen molar-refractivity contribution in [1.29, 1.82) is 0 Å². The number of Topliss-reactive ketones (excluding diaryl/α,β-unsaturated/α-hetero) is 2. The predicted octanol–water partition coefficient (Wildman–Crippen LogP) is 3.88. The van der Waals surface area contributed by atoms with Gasteiger partial charge >= 0.3 is 18.0 Å². The van der Waals surface area contributed by atoms with Crippen molar-refractivity contribution in [3.05, 3.63) is 63.9 Å². The highest BCUT2D eigenvalue weighted by molar-refractivity contribution is 7.86. The van der Waals surface area contributed by atoms with Gasteiger partial charge in [0, 0.05) is 80.3 Å². The zero-order valence-electron chi connectivity index (χ0n) is 62.1. The molecule has 0 spiro atoms. The maximum atomic E-state index is 15.2. The van der Waals surface area contributed by atoms with Crippen molar-refractivity contribution in [2.24, 2.45) is 35.5 Å². The summed E-state index contributed by atoms with van der Waals surface area (Å²) in [6.07, 6.45) is -2.79. The first-order chi connectivity index (χ1) is 49.2. The van der Waals surface area contributed by atoms with E-state index in [1.165, 1.54) is 59.1 Å². The normalized spacial score (nSPS) is 26.8. The molecule has 574 valence electrons. The fraction of sp³-hybridized carbons (Fsp3) is 0.662. The van der Waals surface area contributed by atoms with E-state index in [-0.39, 0.29) is 119 Å². The molecule has 0 radical (unpaired) electrons. The summed E-state index contributed by atoms with van der Waals surface area (Å²) in [6, 6.07) is 0.452. The van der Waals surface area contributed by atoms with E-state index in [4.69, 9.17) is 18.9 Å². The third-order valence-corrected chi connectivity index (χ3v) is 22.8. The summed E-state index contributed by atoms with van der Waals surface area (Å²) in [4.78, 5) is 190. The number of aliphatic hydroxyl groups is 1. The number of aliphatic hydroxyl groups excluding tert-OH is 1. The van der Waals surface area contributed by atoms with E-state index in [1.54, 1.807) is 65.0 Å². The molecule has 9 amide bonds. The molecule has 4 fully saturated rings. The van der Waals surface area contributed by atoms with E-state index in [0.29, 0.717) is 36.1 Å². The standard InChI is InChI=1S/C74H107N9O19S2/c1-14-43(8)60-57(85)37-59(87)102-64(42(6)7)68(91)76-52(31-40(2)3)70(93)83-29-17-22-54(83)72(95)81(12)56(35-46-23-25-49(99-13)26-24-46)73(96)101-45(10)61(67(90)78-60)79-66(89)55(32-41(4)5)80(11)71(94)53-21-16-28-82(53)69(92)44(9)33-48(84)19-15-27-75-74(97)100-38-47-34-51-63(88)62(65(51)104(98)39-47)77-58(86)36-50-20-18-30-103-50/h18,20,23-26,30,34,40-45,51-57,60-62,64-65,85H,14-17,19,21-22,27-29,31-33,35-39H2,1-13H3,(H,75,97)(H,76,91)(H,77,86)(H,78,90)(H,79,89)/t43-,44+,45-,51?,52-,53-,54-,55+,56-,57-,60-,61+,62?,64-,65?,104?/m0/s1. The molecule has 104 heavy (non-hydrogen) atoms. The molecule has 16 atom stereocenters. The molecule has 0 bridgehead atoms. The van der Waals surface area contributed by atoms with Crippen LogP contribution in [0.2, 0.25) is 0 Å². The van der Waals surface area contributed by atoms with E-state index in [2.05, 4.69) is 26.6 Å². The number of allylic oxidation sites excluding steroid dienone is 1. The average Bonchev–Trinajstić information content (AvgIpc) is 0.959. The Morgan fingerprint density at radius 2 is 1.57 bits per heavy atom. The van der Waals surface area contributed by atoms with Crippen LogP contribution in [0.15, 0.2) is 53.4 Å². The van der Waals surface area contributed by atoms with Gasteiger partial charge in [-0.2, -0.15) is 0 Å². The Hall–Kier alpha value is -8.12. The van der Waals surface area contributed by atoms with Crippen LogP contribution >= 0.6 is 11.3 Å². The van der Waals surface area contributed by atoms with Crippen LogP contribution < -0.4 is 31.3 Å². The molecule has 30 heteroatoms. The number of methoxy groups -OCH3 is 1. The van der Waals surface area contributed by atoms with Gasteiger partial charge in [0.1, 0.15) is 66.5 Å². The fourth-order valence-electron chi connectivity index (χ4n) is 14.1. The number of amides is 9. The smallest absolute Gasteiger partial charge is 0.407 e. The highest BCUT2D eigenvalue weighted by Crippen LogP contribution is 2.36. The number of likely N-dealkylation sites (tertiary alicyclic amines) is 1. The minimum absolute atomic E-state index is 0.0116. The average molecular weight is 1490 g/mol. The number of benzene rings is 1. The van der Waals surface area contributed by atoms with Gasteiger partial charge < -0.3 is 70.2 Å². The summed E-state index contributed by atoms with van der Waals surface area (Å²) >= 11 is 1.42. The number of carbonyl (C=O) groups excluding carboxylic acids is 13. The minimum Gasteiger partial charge on any atom is -0.497 e. The van der Waals surface area contributed by atoms with Crippen molar-refractivity contribution in [3.8, 4) is 5.75 Å². The van der Waals surface area contributed by atoms with Crippen LogP contribution in [-0.4, -0.2) is 231 Å². The number of rotatable bonds is 26. The van der Waals surface area contributed by atoms with Crippen molar-refractivity contribution >= 4 is 99.0 Å². The number of cyclic esters (lactones) is 2. The van der Waals surface area contributed by atoms with Crippen LogP contribution in [-0.2, 0) is 95.4 Å². The van der Waals surface area contributed by atoms with Crippen LogP contribution in [0, 0.1) is 35.5 Å². The Morgan fingerprint density at radius 1 is 0.865 bits per heavy atom. The number of likely N-dealkylation sites (N-methyl/N-ethyl adjacent to an activating group) is 2. The van der Waals surface area contributed by atoms with E-state index in [1.807, 2.05) is 45.2 Å². The number of alkyl carbamates (subject to hydrolysis) is 1. The van der Waals surface area contributed by atoms with Crippen molar-refractivity contribution in [1.82, 2.24) is 46.2 Å². The Kier molecular flexibility index (Phi) is 30.6. The minimum atomic E-state index is -1.79. The topological polar surface area (TPSA) is 369 Å². The lowest BCUT2D eigenvalue weighted by molar-refractivity contribution is -0.162.